The molecule has 118 valence electrons. The van der Waals surface area contributed by atoms with Crippen LogP contribution in [0.4, 0.5) is 0 Å². The first kappa shape index (κ1) is 17.7. The summed E-state index contributed by atoms with van der Waals surface area (Å²) in [6.45, 7) is 17.0. The van der Waals surface area contributed by atoms with Gasteiger partial charge in [-0.05, 0) is 72.0 Å². The third-order valence-corrected chi connectivity index (χ3v) is 5.05. The number of rotatable bonds is 9. The zero-order chi connectivity index (χ0) is 15.0. The van der Waals surface area contributed by atoms with E-state index in [0.717, 1.165) is 13.0 Å². The van der Waals surface area contributed by atoms with Gasteiger partial charge in [-0.1, -0.05) is 25.8 Å². The summed E-state index contributed by atoms with van der Waals surface area (Å²) in [4.78, 5) is 2.75. The summed E-state index contributed by atoms with van der Waals surface area (Å²) in [5.74, 6) is 0. The van der Waals surface area contributed by atoms with E-state index in [-0.39, 0.29) is 0 Å². The molecule has 1 rings (SSSR count). The van der Waals surface area contributed by atoms with Crippen molar-refractivity contribution in [2.75, 3.05) is 19.6 Å². The first-order valence-corrected chi connectivity index (χ1v) is 8.67. The summed E-state index contributed by atoms with van der Waals surface area (Å²) < 4.78 is 0. The fraction of sp³-hybridized carbons (Fsp3) is 0.889. The van der Waals surface area contributed by atoms with Crippen molar-refractivity contribution in [1.82, 2.24) is 10.2 Å². The molecule has 1 aliphatic rings. The van der Waals surface area contributed by atoms with Crippen molar-refractivity contribution in [3.63, 3.8) is 0 Å². The zero-order valence-corrected chi connectivity index (χ0v) is 14.3. The van der Waals surface area contributed by atoms with Crippen LogP contribution < -0.4 is 5.32 Å². The molecule has 0 radical (unpaired) electrons. The van der Waals surface area contributed by atoms with Crippen LogP contribution in [-0.4, -0.2) is 36.1 Å². The topological polar surface area (TPSA) is 15.3 Å². The molecule has 1 fully saturated rings. The van der Waals surface area contributed by atoms with Gasteiger partial charge in [0, 0.05) is 11.6 Å². The Hall–Kier alpha value is -0.340. The second kappa shape index (κ2) is 8.84. The molecule has 0 amide bonds. The van der Waals surface area contributed by atoms with Gasteiger partial charge in [-0.25, -0.2) is 0 Å². The van der Waals surface area contributed by atoms with Gasteiger partial charge in [0.2, 0.25) is 0 Å². The zero-order valence-electron chi connectivity index (χ0n) is 14.3. The Morgan fingerprint density at radius 3 is 2.40 bits per heavy atom. The molecule has 0 aromatic heterocycles. The van der Waals surface area contributed by atoms with Crippen LogP contribution in [0.2, 0.25) is 0 Å². The van der Waals surface area contributed by atoms with Gasteiger partial charge in [0.1, 0.15) is 0 Å². The number of piperidine rings is 1. The van der Waals surface area contributed by atoms with Crippen LogP contribution in [0.1, 0.15) is 72.6 Å². The van der Waals surface area contributed by atoms with Crippen LogP contribution in [0.15, 0.2) is 12.2 Å². The molecule has 2 atom stereocenters. The fourth-order valence-corrected chi connectivity index (χ4v) is 3.44. The monoisotopic (exact) mass is 280 g/mol. The highest BCUT2D eigenvalue weighted by Crippen LogP contribution is 2.30. The molecule has 0 aromatic rings. The van der Waals surface area contributed by atoms with Crippen molar-refractivity contribution < 1.29 is 0 Å². The summed E-state index contributed by atoms with van der Waals surface area (Å²) in [6, 6.07) is 0.585. The summed E-state index contributed by atoms with van der Waals surface area (Å²) in [7, 11) is 0. The molecule has 0 spiro atoms. The maximum absolute atomic E-state index is 4.09. The van der Waals surface area contributed by atoms with Gasteiger partial charge in [0.15, 0.2) is 0 Å². The molecular formula is C18H36N2. The first-order valence-electron chi connectivity index (χ1n) is 8.67. The Bertz CT molecular complexity index is 281. The van der Waals surface area contributed by atoms with Crippen LogP contribution >= 0.6 is 0 Å². The van der Waals surface area contributed by atoms with E-state index in [1.807, 2.05) is 0 Å². The summed E-state index contributed by atoms with van der Waals surface area (Å²) >= 11 is 0. The molecule has 1 saturated heterocycles. The van der Waals surface area contributed by atoms with E-state index in [1.165, 1.54) is 57.2 Å². The molecule has 0 bridgehead atoms. The average molecular weight is 280 g/mol. The number of allylic oxidation sites excluding steroid dienone is 1. The lowest BCUT2D eigenvalue weighted by molar-refractivity contribution is 0.0403. The summed E-state index contributed by atoms with van der Waals surface area (Å²) in [6.07, 6.45) is 8.96. The Kier molecular flexibility index (Phi) is 7.83. The van der Waals surface area contributed by atoms with Gasteiger partial charge in [-0.3, -0.25) is 4.90 Å². The average Bonchev–Trinajstić information content (AvgIpc) is 2.47. The smallest absolute Gasteiger partial charge is 0.0331 e. The van der Waals surface area contributed by atoms with E-state index >= 15 is 0 Å². The Labute approximate surface area is 127 Å². The minimum absolute atomic E-state index is 0.297. The predicted octanol–water partition coefficient (Wildman–Crippen LogP) is 4.37. The van der Waals surface area contributed by atoms with Crippen LogP contribution in [0, 0.1) is 0 Å². The lowest BCUT2D eigenvalue weighted by atomic mass is 9.82. The largest absolute Gasteiger partial charge is 0.312 e. The van der Waals surface area contributed by atoms with E-state index in [0.29, 0.717) is 11.6 Å². The molecule has 2 nitrogen and oxygen atoms in total. The van der Waals surface area contributed by atoms with Crippen molar-refractivity contribution in [2.24, 2.45) is 0 Å². The molecule has 1 N–H and O–H groups in total. The standard InChI is InChI=1S/C18H36N2/c1-6-13-19-17(12-11-16(3)4)18(5,7-2)20-14-9-8-10-15-20/h17,19H,3,6-15H2,1-2,4-5H3. The van der Waals surface area contributed by atoms with Crippen LogP contribution in [0.5, 0.6) is 0 Å². The highest BCUT2D eigenvalue weighted by atomic mass is 15.2. The van der Waals surface area contributed by atoms with Crippen LogP contribution in [0.3, 0.4) is 0 Å². The number of likely N-dealkylation sites (tertiary alicyclic amines) is 1. The second-order valence-corrected chi connectivity index (χ2v) is 6.76. The van der Waals surface area contributed by atoms with Crippen molar-refractivity contribution in [2.45, 2.75) is 84.2 Å². The van der Waals surface area contributed by atoms with E-state index in [1.54, 1.807) is 0 Å². The maximum Gasteiger partial charge on any atom is 0.0331 e. The molecular weight excluding hydrogens is 244 g/mol. The first-order chi connectivity index (χ1) is 9.54. The van der Waals surface area contributed by atoms with E-state index in [2.05, 4.69) is 44.5 Å². The summed E-state index contributed by atoms with van der Waals surface area (Å²) in [5.41, 5.74) is 1.61. The van der Waals surface area contributed by atoms with Crippen molar-refractivity contribution in [3.05, 3.63) is 12.2 Å². The SMILES string of the molecule is C=C(C)CCC(NCCC)C(C)(CC)N1CCCCC1. The van der Waals surface area contributed by atoms with Crippen molar-refractivity contribution in [1.29, 1.82) is 0 Å². The normalized spacial score (nSPS) is 21.4. The molecule has 0 aliphatic carbocycles. The molecule has 0 aromatic carbocycles. The van der Waals surface area contributed by atoms with Crippen molar-refractivity contribution >= 4 is 0 Å². The van der Waals surface area contributed by atoms with Gasteiger partial charge >= 0.3 is 0 Å². The van der Waals surface area contributed by atoms with Gasteiger partial charge in [0.25, 0.3) is 0 Å². The molecule has 1 aliphatic heterocycles. The number of hydrogen-bond acceptors (Lipinski definition) is 2. The van der Waals surface area contributed by atoms with E-state index < -0.39 is 0 Å². The Morgan fingerprint density at radius 1 is 1.25 bits per heavy atom. The predicted molar refractivity (Wildman–Crippen MR) is 90.2 cm³/mol. The molecule has 0 saturated carbocycles. The van der Waals surface area contributed by atoms with Crippen molar-refractivity contribution in [3.8, 4) is 0 Å². The second-order valence-electron chi connectivity index (χ2n) is 6.76. The number of hydrogen-bond donors (Lipinski definition) is 1. The molecule has 1 heterocycles. The highest BCUT2D eigenvalue weighted by molar-refractivity contribution is 5.00. The van der Waals surface area contributed by atoms with E-state index in [9.17, 15) is 0 Å². The van der Waals surface area contributed by atoms with Crippen LogP contribution in [0.25, 0.3) is 0 Å². The third-order valence-electron chi connectivity index (χ3n) is 5.05. The lowest BCUT2D eigenvalue weighted by Gasteiger charge is -2.48. The lowest BCUT2D eigenvalue weighted by Crippen LogP contribution is -2.60. The van der Waals surface area contributed by atoms with Gasteiger partial charge in [-0.15, -0.1) is 6.58 Å². The Morgan fingerprint density at radius 2 is 1.90 bits per heavy atom. The molecule has 2 heteroatoms. The minimum atomic E-state index is 0.297. The van der Waals surface area contributed by atoms with Gasteiger partial charge in [-0.2, -0.15) is 0 Å². The maximum atomic E-state index is 4.09. The van der Waals surface area contributed by atoms with Crippen LogP contribution in [-0.2, 0) is 0 Å². The third kappa shape index (κ3) is 4.89. The molecule has 20 heavy (non-hydrogen) atoms. The number of nitrogens with one attached hydrogen (secondary N) is 1. The van der Waals surface area contributed by atoms with Gasteiger partial charge in [0.05, 0.1) is 0 Å². The highest BCUT2D eigenvalue weighted by Gasteiger charge is 2.37. The number of nitrogens with zero attached hydrogens (tertiary/aromatic N) is 1. The quantitative estimate of drug-likeness (QED) is 0.631. The summed E-state index contributed by atoms with van der Waals surface area (Å²) in [5, 5.41) is 3.83. The van der Waals surface area contributed by atoms with Gasteiger partial charge < -0.3 is 5.32 Å². The Balaban J connectivity index is 2.76. The van der Waals surface area contributed by atoms with E-state index in [4.69, 9.17) is 0 Å². The fourth-order valence-electron chi connectivity index (χ4n) is 3.44. The molecule has 2 unspecified atom stereocenters. The minimum Gasteiger partial charge on any atom is -0.312 e.